The fourth-order valence-corrected chi connectivity index (χ4v) is 2.22. The van der Waals surface area contributed by atoms with Crippen LogP contribution in [-0.2, 0) is 0 Å². The molecule has 1 rings (SSSR count). The third-order valence-corrected chi connectivity index (χ3v) is 2.66. The van der Waals surface area contributed by atoms with Gasteiger partial charge in [-0.05, 0) is 61.1 Å². The van der Waals surface area contributed by atoms with Crippen LogP contribution in [0.3, 0.4) is 0 Å². The van der Waals surface area contributed by atoms with Crippen LogP contribution in [0, 0.1) is 10.5 Å². The predicted octanol–water partition coefficient (Wildman–Crippen LogP) is 3.20. The highest BCUT2D eigenvalue weighted by atomic mass is 127. The Bertz CT molecular complexity index is 359. The molecule has 0 saturated carbocycles. The Morgan fingerprint density at radius 3 is 2.64 bits per heavy atom. The molecule has 2 nitrogen and oxygen atoms in total. The van der Waals surface area contributed by atoms with Crippen LogP contribution in [0.4, 0.5) is 0 Å². The topological polar surface area (TPSA) is 26.3 Å². The molecule has 3 heteroatoms. The highest BCUT2D eigenvalue weighted by molar-refractivity contribution is 14.1. The first-order chi connectivity index (χ1) is 6.56. The molecule has 0 bridgehead atoms. The van der Waals surface area contributed by atoms with Gasteiger partial charge >= 0.3 is 0 Å². The maximum Gasteiger partial charge on any atom is 0.163 e. The van der Waals surface area contributed by atoms with E-state index in [1.165, 1.54) is 0 Å². The first-order valence-corrected chi connectivity index (χ1v) is 5.58. The van der Waals surface area contributed by atoms with E-state index in [1.807, 2.05) is 26.0 Å². The monoisotopic (exact) mass is 304 g/mol. The summed E-state index contributed by atoms with van der Waals surface area (Å²) in [7, 11) is 0. The molecule has 0 aromatic heterocycles. The normalized spacial score (nSPS) is 10.0. The largest absolute Gasteiger partial charge is 0.492 e. The highest BCUT2D eigenvalue weighted by Gasteiger charge is 2.12. The second-order valence-corrected chi connectivity index (χ2v) is 4.27. The molecular formula is C11H13IO2. The summed E-state index contributed by atoms with van der Waals surface area (Å²) in [6.07, 6.45) is 0. The Kier molecular flexibility index (Phi) is 3.92. The van der Waals surface area contributed by atoms with Crippen molar-refractivity contribution in [3.8, 4) is 5.75 Å². The third-order valence-electron chi connectivity index (χ3n) is 1.86. The number of rotatable bonds is 3. The summed E-state index contributed by atoms with van der Waals surface area (Å²) in [6, 6.07) is 3.88. The van der Waals surface area contributed by atoms with Crippen molar-refractivity contribution in [2.24, 2.45) is 0 Å². The number of ketones is 1. The Morgan fingerprint density at radius 1 is 1.50 bits per heavy atom. The smallest absolute Gasteiger partial charge is 0.163 e. The van der Waals surface area contributed by atoms with Crippen LogP contribution < -0.4 is 4.74 Å². The zero-order valence-electron chi connectivity index (χ0n) is 8.56. The van der Waals surface area contributed by atoms with E-state index in [0.29, 0.717) is 17.9 Å². The molecule has 14 heavy (non-hydrogen) atoms. The lowest BCUT2D eigenvalue weighted by Crippen LogP contribution is -2.03. The molecule has 0 N–H and O–H groups in total. The summed E-state index contributed by atoms with van der Waals surface area (Å²) >= 11 is 2.19. The van der Waals surface area contributed by atoms with Crippen molar-refractivity contribution in [2.45, 2.75) is 20.8 Å². The minimum atomic E-state index is 0.0510. The summed E-state index contributed by atoms with van der Waals surface area (Å²) in [6.45, 7) is 6.04. The molecule has 0 heterocycles. The maximum absolute atomic E-state index is 11.4. The number of hydrogen-bond acceptors (Lipinski definition) is 2. The average molecular weight is 304 g/mol. The number of carbonyl (C=O) groups is 1. The van der Waals surface area contributed by atoms with Gasteiger partial charge in [-0.1, -0.05) is 0 Å². The van der Waals surface area contributed by atoms with Crippen LogP contribution >= 0.6 is 22.6 Å². The minimum Gasteiger partial charge on any atom is -0.492 e. The van der Waals surface area contributed by atoms with Crippen molar-refractivity contribution in [3.63, 3.8) is 0 Å². The third kappa shape index (κ3) is 2.47. The molecule has 1 aromatic rings. The van der Waals surface area contributed by atoms with Gasteiger partial charge in [-0.15, -0.1) is 0 Å². The molecular weight excluding hydrogens is 291 g/mol. The summed E-state index contributed by atoms with van der Waals surface area (Å²) in [5, 5.41) is 0. The molecule has 0 aliphatic rings. The number of aryl methyl sites for hydroxylation is 1. The van der Waals surface area contributed by atoms with Crippen molar-refractivity contribution in [1.82, 2.24) is 0 Å². The molecule has 0 aliphatic heterocycles. The van der Waals surface area contributed by atoms with E-state index in [9.17, 15) is 4.79 Å². The fraction of sp³-hybridized carbons (Fsp3) is 0.364. The van der Waals surface area contributed by atoms with Gasteiger partial charge < -0.3 is 4.74 Å². The van der Waals surface area contributed by atoms with E-state index in [0.717, 1.165) is 9.13 Å². The summed E-state index contributed by atoms with van der Waals surface area (Å²) in [5.41, 5.74) is 1.76. The molecule has 1 aromatic carbocycles. The minimum absolute atomic E-state index is 0.0510. The molecule has 0 atom stereocenters. The van der Waals surface area contributed by atoms with Crippen LogP contribution in [0.2, 0.25) is 0 Å². The van der Waals surface area contributed by atoms with Gasteiger partial charge in [-0.25, -0.2) is 0 Å². The second-order valence-electron chi connectivity index (χ2n) is 3.11. The lowest BCUT2D eigenvalue weighted by Gasteiger charge is -2.11. The molecule has 0 radical (unpaired) electrons. The molecule has 0 aliphatic carbocycles. The first-order valence-electron chi connectivity index (χ1n) is 4.50. The van der Waals surface area contributed by atoms with Gasteiger partial charge in [0.25, 0.3) is 0 Å². The van der Waals surface area contributed by atoms with Gasteiger partial charge in [-0.2, -0.15) is 0 Å². The Labute approximate surface area is 97.8 Å². The average Bonchev–Trinajstić information content (AvgIpc) is 2.09. The van der Waals surface area contributed by atoms with E-state index < -0.39 is 0 Å². The number of carbonyl (C=O) groups excluding carboxylic acids is 1. The van der Waals surface area contributed by atoms with E-state index in [-0.39, 0.29) is 5.78 Å². The standard InChI is InChI=1S/C11H13IO2/c1-4-14-11-9(8(3)13)5-7(2)6-10(11)12/h5-6H,4H2,1-3H3. The highest BCUT2D eigenvalue weighted by Crippen LogP contribution is 2.27. The number of Topliss-reactive ketones (excluding diaryl/α,β-unsaturated/α-hetero) is 1. The van der Waals surface area contributed by atoms with Crippen molar-refractivity contribution in [3.05, 3.63) is 26.8 Å². The number of ether oxygens (including phenoxy) is 1. The van der Waals surface area contributed by atoms with Crippen LogP contribution in [0.5, 0.6) is 5.75 Å². The Balaban J connectivity index is 3.28. The van der Waals surface area contributed by atoms with Gasteiger partial charge in [0, 0.05) is 0 Å². The summed E-state index contributed by atoms with van der Waals surface area (Å²) in [4.78, 5) is 11.4. The van der Waals surface area contributed by atoms with E-state index in [2.05, 4.69) is 22.6 Å². The summed E-state index contributed by atoms with van der Waals surface area (Å²) in [5.74, 6) is 0.765. The molecule has 0 spiro atoms. The van der Waals surface area contributed by atoms with Crippen LogP contribution in [-0.4, -0.2) is 12.4 Å². The van der Waals surface area contributed by atoms with Crippen LogP contribution in [0.15, 0.2) is 12.1 Å². The lowest BCUT2D eigenvalue weighted by atomic mass is 10.1. The zero-order chi connectivity index (χ0) is 10.7. The van der Waals surface area contributed by atoms with Crippen LogP contribution in [0.25, 0.3) is 0 Å². The zero-order valence-corrected chi connectivity index (χ0v) is 10.7. The van der Waals surface area contributed by atoms with Crippen molar-refractivity contribution in [1.29, 1.82) is 0 Å². The molecule has 0 amide bonds. The number of hydrogen-bond donors (Lipinski definition) is 0. The maximum atomic E-state index is 11.4. The van der Waals surface area contributed by atoms with Gasteiger partial charge in [0.05, 0.1) is 15.7 Å². The molecule has 76 valence electrons. The predicted molar refractivity (Wildman–Crippen MR) is 65.1 cm³/mol. The summed E-state index contributed by atoms with van der Waals surface area (Å²) < 4.78 is 6.45. The fourth-order valence-electron chi connectivity index (χ4n) is 1.28. The number of benzene rings is 1. The van der Waals surface area contributed by atoms with Crippen molar-refractivity contribution < 1.29 is 9.53 Å². The number of halogens is 1. The first kappa shape index (κ1) is 11.5. The van der Waals surface area contributed by atoms with E-state index in [4.69, 9.17) is 4.74 Å². The van der Waals surface area contributed by atoms with Crippen molar-refractivity contribution >= 4 is 28.4 Å². The SMILES string of the molecule is CCOc1c(I)cc(C)cc1C(C)=O. The lowest BCUT2D eigenvalue weighted by molar-refractivity contribution is 0.101. The second kappa shape index (κ2) is 4.77. The quantitative estimate of drug-likeness (QED) is 0.633. The van der Waals surface area contributed by atoms with Gasteiger partial charge in [0.2, 0.25) is 0 Å². The van der Waals surface area contributed by atoms with E-state index in [1.54, 1.807) is 6.92 Å². The molecule has 0 saturated heterocycles. The van der Waals surface area contributed by atoms with Crippen molar-refractivity contribution in [2.75, 3.05) is 6.61 Å². The van der Waals surface area contributed by atoms with Gasteiger partial charge in [-0.3, -0.25) is 4.79 Å². The Morgan fingerprint density at radius 2 is 2.14 bits per heavy atom. The molecule has 0 fully saturated rings. The molecule has 0 unspecified atom stereocenters. The van der Waals surface area contributed by atoms with Gasteiger partial charge in [0.15, 0.2) is 5.78 Å². The van der Waals surface area contributed by atoms with Gasteiger partial charge in [0.1, 0.15) is 5.75 Å². The Hall–Kier alpha value is -0.580. The van der Waals surface area contributed by atoms with E-state index >= 15 is 0 Å². The van der Waals surface area contributed by atoms with Crippen LogP contribution in [0.1, 0.15) is 29.8 Å².